The largest absolute Gasteiger partial charge is 0.389 e. The molecule has 0 rings (SSSR count). The van der Waals surface area contributed by atoms with Crippen LogP contribution in [0, 0.1) is 0 Å². The van der Waals surface area contributed by atoms with Crippen molar-refractivity contribution in [2.24, 2.45) is 0 Å². The van der Waals surface area contributed by atoms with Crippen LogP contribution in [0.3, 0.4) is 0 Å². The predicted octanol–water partition coefficient (Wildman–Crippen LogP) is 2.86. The molecule has 0 saturated carbocycles. The van der Waals surface area contributed by atoms with Crippen LogP contribution in [0.2, 0.25) is 0 Å². The molecule has 6 heteroatoms. The van der Waals surface area contributed by atoms with Crippen molar-refractivity contribution in [3.05, 3.63) is 0 Å². The van der Waals surface area contributed by atoms with Crippen molar-refractivity contribution in [1.82, 2.24) is 10.6 Å². The van der Waals surface area contributed by atoms with Gasteiger partial charge in [0.2, 0.25) is 0 Å². The van der Waals surface area contributed by atoms with Gasteiger partial charge in [0.05, 0.1) is 25.4 Å². The Kier molecular flexibility index (Phi) is 22.8. The van der Waals surface area contributed by atoms with Crippen LogP contribution in [0.5, 0.6) is 0 Å². The first kappa shape index (κ1) is 27.8. The van der Waals surface area contributed by atoms with Crippen molar-refractivity contribution < 1.29 is 19.7 Å². The standard InChI is InChI=1S/C22H48N2O4/c1-3-5-7-9-11-15-27-19-21(25)17-23-13-14-24-18-22(26)20-28-16-12-10-8-6-4-2/h21-26H,3-20H2,1-2H3. The third-order valence-electron chi connectivity index (χ3n) is 4.64. The van der Waals surface area contributed by atoms with Gasteiger partial charge in [0.15, 0.2) is 0 Å². The molecule has 6 nitrogen and oxygen atoms in total. The normalized spacial score (nSPS) is 13.7. The maximum atomic E-state index is 9.86. The van der Waals surface area contributed by atoms with Gasteiger partial charge in [0.1, 0.15) is 0 Å². The molecule has 0 aliphatic heterocycles. The summed E-state index contributed by atoms with van der Waals surface area (Å²) >= 11 is 0. The van der Waals surface area contributed by atoms with Gasteiger partial charge in [-0.15, -0.1) is 0 Å². The zero-order valence-electron chi connectivity index (χ0n) is 18.6. The second-order valence-corrected chi connectivity index (χ2v) is 7.69. The highest BCUT2D eigenvalue weighted by Gasteiger charge is 2.05. The molecule has 0 saturated heterocycles. The Morgan fingerprint density at radius 1 is 0.607 bits per heavy atom. The number of hydrogen-bond acceptors (Lipinski definition) is 6. The molecule has 0 amide bonds. The number of rotatable bonds is 23. The maximum absolute atomic E-state index is 9.86. The van der Waals surface area contributed by atoms with E-state index < -0.39 is 12.2 Å². The predicted molar refractivity (Wildman–Crippen MR) is 117 cm³/mol. The molecule has 0 aliphatic rings. The van der Waals surface area contributed by atoms with Gasteiger partial charge < -0.3 is 30.3 Å². The smallest absolute Gasteiger partial charge is 0.0897 e. The summed E-state index contributed by atoms with van der Waals surface area (Å²) in [6.45, 7) is 9.24. The summed E-state index contributed by atoms with van der Waals surface area (Å²) in [7, 11) is 0. The lowest BCUT2D eigenvalue weighted by Gasteiger charge is -2.14. The van der Waals surface area contributed by atoms with Gasteiger partial charge >= 0.3 is 0 Å². The molecule has 0 spiro atoms. The molecule has 0 aromatic heterocycles. The van der Waals surface area contributed by atoms with Gasteiger partial charge in [0, 0.05) is 39.4 Å². The molecule has 0 radical (unpaired) electrons. The number of aliphatic hydroxyl groups is 2. The van der Waals surface area contributed by atoms with Crippen molar-refractivity contribution in [2.75, 3.05) is 52.6 Å². The molecule has 170 valence electrons. The Morgan fingerprint density at radius 3 is 1.39 bits per heavy atom. The summed E-state index contributed by atoms with van der Waals surface area (Å²) in [6.07, 6.45) is 11.3. The number of hydrogen-bond donors (Lipinski definition) is 4. The van der Waals surface area contributed by atoms with Crippen LogP contribution in [0.25, 0.3) is 0 Å². The highest BCUT2D eigenvalue weighted by molar-refractivity contribution is 4.62. The number of unbranched alkanes of at least 4 members (excludes halogenated alkanes) is 8. The van der Waals surface area contributed by atoms with Crippen LogP contribution < -0.4 is 10.6 Å². The second kappa shape index (κ2) is 23.0. The highest BCUT2D eigenvalue weighted by Crippen LogP contribution is 2.03. The summed E-state index contributed by atoms with van der Waals surface area (Å²) in [5.74, 6) is 0. The van der Waals surface area contributed by atoms with Gasteiger partial charge in [-0.1, -0.05) is 65.2 Å². The zero-order chi connectivity index (χ0) is 20.7. The molecule has 0 fully saturated rings. The SMILES string of the molecule is CCCCCCCOCC(O)CNCCNCC(O)COCCCCCCC. The fraction of sp³-hybridized carbons (Fsp3) is 1.00. The van der Waals surface area contributed by atoms with Crippen molar-refractivity contribution >= 4 is 0 Å². The average Bonchev–Trinajstić information content (AvgIpc) is 2.69. The minimum Gasteiger partial charge on any atom is -0.389 e. The van der Waals surface area contributed by atoms with Crippen LogP contribution in [0.1, 0.15) is 78.1 Å². The summed E-state index contributed by atoms with van der Waals surface area (Å²) in [5, 5.41) is 26.1. The van der Waals surface area contributed by atoms with E-state index in [1.807, 2.05) is 0 Å². The zero-order valence-corrected chi connectivity index (χ0v) is 18.6. The Morgan fingerprint density at radius 2 is 1.00 bits per heavy atom. The molecule has 4 N–H and O–H groups in total. The van der Waals surface area contributed by atoms with E-state index in [1.165, 1.54) is 51.4 Å². The molecule has 0 aromatic carbocycles. The van der Waals surface area contributed by atoms with Crippen molar-refractivity contribution in [3.8, 4) is 0 Å². The van der Waals surface area contributed by atoms with E-state index in [2.05, 4.69) is 24.5 Å². The number of ether oxygens (including phenoxy) is 2. The van der Waals surface area contributed by atoms with Crippen LogP contribution >= 0.6 is 0 Å². The monoisotopic (exact) mass is 404 g/mol. The Balaban J connectivity index is 3.25. The van der Waals surface area contributed by atoms with Crippen LogP contribution in [0.15, 0.2) is 0 Å². The van der Waals surface area contributed by atoms with Crippen molar-refractivity contribution in [1.29, 1.82) is 0 Å². The molecular formula is C22H48N2O4. The molecule has 0 aliphatic carbocycles. The van der Waals surface area contributed by atoms with Crippen LogP contribution in [-0.2, 0) is 9.47 Å². The van der Waals surface area contributed by atoms with Gasteiger partial charge in [-0.3, -0.25) is 0 Å². The molecule has 0 heterocycles. The quantitative estimate of drug-likeness (QED) is 0.196. The summed E-state index contributed by atoms with van der Waals surface area (Å²) < 4.78 is 11.0. The average molecular weight is 405 g/mol. The summed E-state index contributed by atoms with van der Waals surface area (Å²) in [6, 6.07) is 0. The lowest BCUT2D eigenvalue weighted by Crippen LogP contribution is -2.37. The van der Waals surface area contributed by atoms with E-state index in [0.717, 1.165) is 39.1 Å². The lowest BCUT2D eigenvalue weighted by molar-refractivity contribution is 0.0339. The number of nitrogens with one attached hydrogen (secondary N) is 2. The topological polar surface area (TPSA) is 83.0 Å². The van der Waals surface area contributed by atoms with Gasteiger partial charge in [-0.25, -0.2) is 0 Å². The molecule has 2 atom stereocenters. The minimum atomic E-state index is -0.466. The van der Waals surface area contributed by atoms with Gasteiger partial charge in [-0.05, 0) is 12.8 Å². The summed E-state index contributed by atoms with van der Waals surface area (Å²) in [5.41, 5.74) is 0. The third-order valence-corrected chi connectivity index (χ3v) is 4.64. The molecular weight excluding hydrogens is 356 g/mol. The van der Waals surface area contributed by atoms with Crippen molar-refractivity contribution in [3.63, 3.8) is 0 Å². The Hall–Kier alpha value is -0.240. The first-order chi connectivity index (χ1) is 13.7. The third kappa shape index (κ3) is 22.1. The van der Waals surface area contributed by atoms with Crippen LogP contribution in [0.4, 0.5) is 0 Å². The summed E-state index contributed by atoms with van der Waals surface area (Å²) in [4.78, 5) is 0. The fourth-order valence-electron chi connectivity index (χ4n) is 2.89. The fourth-order valence-corrected chi connectivity index (χ4v) is 2.89. The van der Waals surface area contributed by atoms with Crippen LogP contribution in [-0.4, -0.2) is 75.0 Å². The first-order valence-corrected chi connectivity index (χ1v) is 11.6. The number of aliphatic hydroxyl groups excluding tert-OH is 2. The van der Waals surface area contributed by atoms with E-state index in [1.54, 1.807) is 0 Å². The van der Waals surface area contributed by atoms with Gasteiger partial charge in [0.25, 0.3) is 0 Å². The van der Waals surface area contributed by atoms with E-state index in [-0.39, 0.29) is 0 Å². The molecule has 0 aromatic rings. The Labute approximate surface area is 173 Å². The highest BCUT2D eigenvalue weighted by atomic mass is 16.5. The lowest BCUT2D eigenvalue weighted by atomic mass is 10.2. The first-order valence-electron chi connectivity index (χ1n) is 11.6. The molecule has 28 heavy (non-hydrogen) atoms. The maximum Gasteiger partial charge on any atom is 0.0897 e. The van der Waals surface area contributed by atoms with E-state index >= 15 is 0 Å². The van der Waals surface area contributed by atoms with E-state index in [9.17, 15) is 10.2 Å². The van der Waals surface area contributed by atoms with E-state index in [0.29, 0.717) is 26.3 Å². The second-order valence-electron chi connectivity index (χ2n) is 7.69. The molecule has 0 bridgehead atoms. The van der Waals surface area contributed by atoms with Gasteiger partial charge in [-0.2, -0.15) is 0 Å². The van der Waals surface area contributed by atoms with Crippen molar-refractivity contribution in [2.45, 2.75) is 90.3 Å². The Bertz CT molecular complexity index is 268. The van der Waals surface area contributed by atoms with E-state index in [4.69, 9.17) is 9.47 Å². The molecule has 2 unspecified atom stereocenters. The minimum absolute atomic E-state index is 0.392.